The van der Waals surface area contributed by atoms with Crippen molar-refractivity contribution in [3.63, 3.8) is 0 Å². The smallest absolute Gasteiger partial charge is 0.276 e. The number of hydrogen-bond donors (Lipinski definition) is 4. The highest BCUT2D eigenvalue weighted by Gasteiger charge is 2.29. The lowest BCUT2D eigenvalue weighted by Crippen LogP contribution is -2.26. The molecule has 0 atom stereocenters. The molecule has 0 saturated carbocycles. The molecule has 26 heavy (non-hydrogen) atoms. The van der Waals surface area contributed by atoms with E-state index in [9.17, 15) is 18.3 Å². The van der Waals surface area contributed by atoms with Crippen LogP contribution in [-0.4, -0.2) is 48.5 Å². The molecule has 1 aromatic carbocycles. The number of aromatic nitrogens is 2. The van der Waals surface area contributed by atoms with Crippen molar-refractivity contribution < 1.29 is 18.3 Å². The van der Waals surface area contributed by atoms with Gasteiger partial charge in [0.15, 0.2) is 5.69 Å². The summed E-state index contributed by atoms with van der Waals surface area (Å²) in [5.41, 5.74) is 2.57. The minimum absolute atomic E-state index is 0.0992. The Morgan fingerprint density at radius 3 is 2.96 bits per heavy atom. The zero-order valence-electron chi connectivity index (χ0n) is 13.9. The Morgan fingerprint density at radius 1 is 1.35 bits per heavy atom. The number of benzene rings is 1. The number of aromatic amines is 1. The highest BCUT2D eigenvalue weighted by molar-refractivity contribution is 7.93. The minimum Gasteiger partial charge on any atom is -0.506 e. The van der Waals surface area contributed by atoms with Gasteiger partial charge in [0.2, 0.25) is 10.0 Å². The highest BCUT2D eigenvalue weighted by atomic mass is 32.2. The van der Waals surface area contributed by atoms with Crippen LogP contribution in [-0.2, 0) is 23.0 Å². The van der Waals surface area contributed by atoms with Gasteiger partial charge in [0.1, 0.15) is 5.75 Å². The number of amides is 1. The molecule has 0 aliphatic carbocycles. The van der Waals surface area contributed by atoms with Gasteiger partial charge in [-0.05, 0) is 24.6 Å². The monoisotopic (exact) mass is 377 g/mol. The second kappa shape index (κ2) is 6.29. The first-order chi connectivity index (χ1) is 12.5. The van der Waals surface area contributed by atoms with Gasteiger partial charge in [-0.1, -0.05) is 0 Å². The van der Waals surface area contributed by atoms with Gasteiger partial charge in [0, 0.05) is 37.3 Å². The number of sulfonamides is 1. The predicted molar refractivity (Wildman–Crippen MR) is 95.8 cm³/mol. The fourth-order valence-corrected chi connectivity index (χ4v) is 4.86. The first kappa shape index (κ1) is 16.9. The third-order valence-corrected chi connectivity index (χ3v) is 6.51. The van der Waals surface area contributed by atoms with Crippen molar-refractivity contribution in [3.8, 4) is 5.75 Å². The highest BCUT2D eigenvalue weighted by Crippen LogP contribution is 2.32. The summed E-state index contributed by atoms with van der Waals surface area (Å²) in [6.45, 7) is 1.76. The summed E-state index contributed by atoms with van der Waals surface area (Å²) in [6.07, 6.45) is 1.32. The molecule has 1 aromatic heterocycles. The van der Waals surface area contributed by atoms with Crippen LogP contribution in [0.3, 0.4) is 0 Å². The minimum atomic E-state index is -3.34. The lowest BCUT2D eigenvalue weighted by atomic mass is 10.1. The normalized spacial score (nSPS) is 18.5. The molecule has 1 fully saturated rings. The van der Waals surface area contributed by atoms with Crippen LogP contribution in [0.4, 0.5) is 11.4 Å². The van der Waals surface area contributed by atoms with Crippen LogP contribution >= 0.6 is 0 Å². The standard InChI is InChI=1S/C16H19N5O4S/c22-14-3-2-10(21-6-1-7-26(21,24)25)8-13(14)18-16(23)15-11-9-17-5-4-12(11)19-20-15/h2-3,8,17,22H,1,4-7,9H2,(H,18,23)(H,19,20). The summed E-state index contributed by atoms with van der Waals surface area (Å²) in [4.78, 5) is 12.6. The maximum absolute atomic E-state index is 12.6. The zero-order valence-corrected chi connectivity index (χ0v) is 14.8. The number of nitrogens with one attached hydrogen (secondary N) is 3. The molecule has 0 radical (unpaired) electrons. The molecule has 2 aliphatic heterocycles. The van der Waals surface area contributed by atoms with E-state index >= 15 is 0 Å². The first-order valence-corrected chi connectivity index (χ1v) is 9.98. The van der Waals surface area contributed by atoms with E-state index in [0.717, 1.165) is 24.2 Å². The summed E-state index contributed by atoms with van der Waals surface area (Å²) in [5.74, 6) is -0.494. The molecule has 4 N–H and O–H groups in total. The average molecular weight is 377 g/mol. The van der Waals surface area contributed by atoms with E-state index in [1.54, 1.807) is 0 Å². The van der Waals surface area contributed by atoms with E-state index in [1.165, 1.54) is 22.5 Å². The molecule has 9 nitrogen and oxygen atoms in total. The quantitative estimate of drug-likeness (QED) is 0.579. The fraction of sp³-hybridized carbons (Fsp3) is 0.375. The number of hydrogen-bond acceptors (Lipinski definition) is 6. The van der Waals surface area contributed by atoms with Crippen molar-refractivity contribution in [2.75, 3.05) is 28.5 Å². The second-order valence-corrected chi connectivity index (χ2v) is 8.37. The molecular weight excluding hydrogens is 358 g/mol. The third kappa shape index (κ3) is 2.90. The van der Waals surface area contributed by atoms with Gasteiger partial charge in [0.25, 0.3) is 5.91 Å². The van der Waals surface area contributed by atoms with Crippen LogP contribution in [0.25, 0.3) is 0 Å². The topological polar surface area (TPSA) is 127 Å². The van der Waals surface area contributed by atoms with E-state index in [0.29, 0.717) is 25.2 Å². The van der Waals surface area contributed by atoms with Crippen molar-refractivity contribution in [3.05, 3.63) is 35.2 Å². The van der Waals surface area contributed by atoms with Crippen LogP contribution in [0, 0.1) is 0 Å². The summed E-state index contributed by atoms with van der Waals surface area (Å²) < 4.78 is 25.5. The van der Waals surface area contributed by atoms with Crippen LogP contribution in [0.1, 0.15) is 28.2 Å². The van der Waals surface area contributed by atoms with E-state index in [4.69, 9.17) is 0 Å². The Morgan fingerprint density at radius 2 is 2.19 bits per heavy atom. The molecule has 3 heterocycles. The summed E-state index contributed by atoms with van der Waals surface area (Å²) >= 11 is 0. The molecule has 10 heteroatoms. The first-order valence-electron chi connectivity index (χ1n) is 8.37. The van der Waals surface area contributed by atoms with E-state index in [1.807, 2.05) is 0 Å². The molecular formula is C16H19N5O4S. The molecule has 1 amide bonds. The Labute approximate surface area is 150 Å². The van der Waals surface area contributed by atoms with Crippen LogP contribution < -0.4 is 14.9 Å². The number of phenolic OH excluding ortho intramolecular Hbond substituents is 1. The molecule has 0 spiro atoms. The fourth-order valence-electron chi connectivity index (χ4n) is 3.30. The largest absolute Gasteiger partial charge is 0.506 e. The number of carbonyl (C=O) groups excluding carboxylic acids is 1. The van der Waals surface area contributed by atoms with Gasteiger partial charge >= 0.3 is 0 Å². The number of phenols is 1. The number of anilines is 2. The van der Waals surface area contributed by atoms with Gasteiger partial charge < -0.3 is 15.7 Å². The average Bonchev–Trinajstić information content (AvgIpc) is 3.19. The number of fused-ring (bicyclic) bond motifs is 1. The van der Waals surface area contributed by atoms with Gasteiger partial charge in [-0.2, -0.15) is 5.10 Å². The number of rotatable bonds is 3. The Balaban J connectivity index is 1.61. The van der Waals surface area contributed by atoms with Crippen molar-refractivity contribution in [2.24, 2.45) is 0 Å². The maximum Gasteiger partial charge on any atom is 0.276 e. The van der Waals surface area contributed by atoms with E-state index < -0.39 is 15.9 Å². The van der Waals surface area contributed by atoms with Crippen molar-refractivity contribution in [1.29, 1.82) is 0 Å². The van der Waals surface area contributed by atoms with Gasteiger partial charge in [-0.25, -0.2) is 8.42 Å². The zero-order chi connectivity index (χ0) is 18.3. The Kier molecular flexibility index (Phi) is 4.08. The Hall–Kier alpha value is -2.59. The Bertz CT molecular complexity index is 969. The van der Waals surface area contributed by atoms with Crippen molar-refractivity contribution in [1.82, 2.24) is 15.5 Å². The second-order valence-electron chi connectivity index (χ2n) is 6.35. The summed E-state index contributed by atoms with van der Waals surface area (Å²) in [5, 5.41) is 22.8. The van der Waals surface area contributed by atoms with Gasteiger partial charge in [0.05, 0.1) is 17.1 Å². The number of carbonyl (C=O) groups is 1. The maximum atomic E-state index is 12.6. The molecule has 1 saturated heterocycles. The molecule has 138 valence electrons. The molecule has 2 aliphatic rings. The third-order valence-electron chi connectivity index (χ3n) is 4.64. The van der Waals surface area contributed by atoms with Crippen LogP contribution in [0.15, 0.2) is 18.2 Å². The van der Waals surface area contributed by atoms with E-state index in [2.05, 4.69) is 20.8 Å². The SMILES string of the molecule is O=C(Nc1cc(N2CCCS2(=O)=O)ccc1O)c1n[nH]c2c1CNCC2. The van der Waals surface area contributed by atoms with Crippen LogP contribution in [0.5, 0.6) is 5.75 Å². The molecule has 2 aromatic rings. The van der Waals surface area contributed by atoms with Crippen molar-refractivity contribution >= 4 is 27.3 Å². The molecule has 0 bridgehead atoms. The van der Waals surface area contributed by atoms with Crippen molar-refractivity contribution in [2.45, 2.75) is 19.4 Å². The predicted octanol–water partition coefficient (Wildman–Crippen LogP) is 0.553. The van der Waals surface area contributed by atoms with Gasteiger partial charge in [-0.15, -0.1) is 0 Å². The lowest BCUT2D eigenvalue weighted by molar-refractivity contribution is 0.102. The lowest BCUT2D eigenvalue weighted by Gasteiger charge is -2.18. The molecule has 4 rings (SSSR count). The van der Waals surface area contributed by atoms with E-state index in [-0.39, 0.29) is 22.9 Å². The number of nitrogens with zero attached hydrogens (tertiary/aromatic N) is 2. The summed E-state index contributed by atoms with van der Waals surface area (Å²) in [6, 6.07) is 4.36. The molecule has 0 unspecified atom stereocenters. The number of H-pyrrole nitrogens is 1. The van der Waals surface area contributed by atoms with Gasteiger partial charge in [-0.3, -0.25) is 14.2 Å². The van der Waals surface area contributed by atoms with Crippen LogP contribution in [0.2, 0.25) is 0 Å². The summed E-state index contributed by atoms with van der Waals surface area (Å²) in [7, 11) is -3.34. The number of aromatic hydroxyl groups is 1.